The van der Waals surface area contributed by atoms with Crippen molar-refractivity contribution in [1.82, 2.24) is 10.2 Å². The number of ether oxygens (including phenoxy) is 1. The van der Waals surface area contributed by atoms with Gasteiger partial charge in [0.1, 0.15) is 12.4 Å². The van der Waals surface area contributed by atoms with Crippen LogP contribution in [0.15, 0.2) is 48.5 Å². The van der Waals surface area contributed by atoms with Crippen LogP contribution < -0.4 is 10.1 Å². The predicted octanol–water partition coefficient (Wildman–Crippen LogP) is 3.23. The smallest absolute Gasteiger partial charge is 0.317 e. The van der Waals surface area contributed by atoms with E-state index in [-0.39, 0.29) is 24.2 Å². The van der Waals surface area contributed by atoms with Crippen molar-refractivity contribution < 1.29 is 18.3 Å². The van der Waals surface area contributed by atoms with Crippen molar-refractivity contribution in [2.75, 3.05) is 26.7 Å². The van der Waals surface area contributed by atoms with Crippen molar-refractivity contribution >= 4 is 6.03 Å². The summed E-state index contributed by atoms with van der Waals surface area (Å²) < 4.78 is 31.5. The number of halogens is 2. The van der Waals surface area contributed by atoms with Gasteiger partial charge in [-0.1, -0.05) is 24.3 Å². The number of para-hydroxylation sites is 1. The molecule has 128 valence electrons. The Kier molecular flexibility index (Phi) is 6.54. The molecule has 0 radical (unpaired) electrons. The first-order chi connectivity index (χ1) is 11.6. The molecule has 0 aliphatic carbocycles. The van der Waals surface area contributed by atoms with Crippen molar-refractivity contribution in [2.45, 2.75) is 6.42 Å². The van der Waals surface area contributed by atoms with Crippen molar-refractivity contribution in [1.29, 1.82) is 0 Å². The molecule has 6 heteroatoms. The van der Waals surface area contributed by atoms with E-state index in [1.807, 2.05) is 0 Å². The number of hydrogen-bond donors (Lipinski definition) is 1. The number of carbonyl (C=O) groups is 1. The fourth-order valence-electron chi connectivity index (χ4n) is 2.06. The molecule has 0 fully saturated rings. The van der Waals surface area contributed by atoms with E-state index in [0.29, 0.717) is 19.5 Å². The molecule has 0 spiro atoms. The van der Waals surface area contributed by atoms with Gasteiger partial charge in [-0.15, -0.1) is 0 Å². The summed E-state index contributed by atoms with van der Waals surface area (Å²) in [5.41, 5.74) is 0.947. The molecule has 0 aliphatic rings. The first-order valence-electron chi connectivity index (χ1n) is 7.67. The Bertz CT molecular complexity index is 662. The Labute approximate surface area is 140 Å². The molecule has 0 aliphatic heterocycles. The number of urea groups is 1. The minimum Gasteiger partial charge on any atom is -0.489 e. The van der Waals surface area contributed by atoms with Gasteiger partial charge in [0.15, 0.2) is 11.6 Å². The van der Waals surface area contributed by atoms with Crippen LogP contribution in [0.25, 0.3) is 0 Å². The Balaban J connectivity index is 1.66. The standard InChI is InChI=1S/C18H20F2N2O2/c1-22(12-13-24-17-5-3-2-4-16(17)20)18(23)21-11-10-14-6-8-15(19)9-7-14/h2-9H,10-13H2,1H3,(H,21,23). The summed E-state index contributed by atoms with van der Waals surface area (Å²) in [7, 11) is 1.64. The van der Waals surface area contributed by atoms with Gasteiger partial charge in [0.25, 0.3) is 0 Å². The molecular weight excluding hydrogens is 314 g/mol. The number of hydrogen-bond acceptors (Lipinski definition) is 2. The second-order valence-electron chi connectivity index (χ2n) is 5.31. The lowest BCUT2D eigenvalue weighted by Crippen LogP contribution is -2.40. The van der Waals surface area contributed by atoms with Gasteiger partial charge in [-0.3, -0.25) is 0 Å². The maximum absolute atomic E-state index is 13.4. The minimum absolute atomic E-state index is 0.169. The molecule has 2 aromatic rings. The zero-order valence-corrected chi connectivity index (χ0v) is 13.5. The summed E-state index contributed by atoms with van der Waals surface area (Å²) in [6, 6.07) is 12.1. The summed E-state index contributed by atoms with van der Waals surface area (Å²) in [5.74, 6) is -0.538. The summed E-state index contributed by atoms with van der Waals surface area (Å²) >= 11 is 0. The predicted molar refractivity (Wildman–Crippen MR) is 88.0 cm³/mol. The summed E-state index contributed by atoms with van der Waals surface area (Å²) in [6.07, 6.45) is 0.617. The third-order valence-electron chi connectivity index (χ3n) is 3.47. The summed E-state index contributed by atoms with van der Waals surface area (Å²) in [4.78, 5) is 13.4. The third kappa shape index (κ3) is 5.53. The Morgan fingerprint density at radius 2 is 1.83 bits per heavy atom. The molecule has 0 saturated heterocycles. The van der Waals surface area contributed by atoms with E-state index in [1.54, 1.807) is 31.3 Å². The highest BCUT2D eigenvalue weighted by molar-refractivity contribution is 5.73. The molecule has 2 aromatic carbocycles. The average molecular weight is 334 g/mol. The highest BCUT2D eigenvalue weighted by Crippen LogP contribution is 2.14. The number of benzene rings is 2. The van der Waals surface area contributed by atoms with Gasteiger partial charge in [0, 0.05) is 13.6 Å². The number of nitrogens with zero attached hydrogens (tertiary/aromatic N) is 1. The molecule has 0 bridgehead atoms. The summed E-state index contributed by atoms with van der Waals surface area (Å²) in [5, 5.41) is 2.77. The quantitative estimate of drug-likeness (QED) is 0.845. The molecule has 2 amide bonds. The molecule has 0 saturated carbocycles. The number of nitrogens with one attached hydrogen (secondary N) is 1. The number of likely N-dealkylation sites (N-methyl/N-ethyl adjacent to an activating group) is 1. The molecular formula is C18H20F2N2O2. The Morgan fingerprint density at radius 1 is 1.12 bits per heavy atom. The van der Waals surface area contributed by atoms with Crippen molar-refractivity contribution in [2.24, 2.45) is 0 Å². The average Bonchev–Trinajstić information content (AvgIpc) is 2.58. The largest absolute Gasteiger partial charge is 0.489 e. The van der Waals surface area contributed by atoms with Crippen LogP contribution >= 0.6 is 0 Å². The lowest BCUT2D eigenvalue weighted by Gasteiger charge is -2.18. The van der Waals surface area contributed by atoms with Gasteiger partial charge in [-0.25, -0.2) is 13.6 Å². The third-order valence-corrected chi connectivity index (χ3v) is 3.47. The van der Waals surface area contributed by atoms with Crippen molar-refractivity contribution in [3.8, 4) is 5.75 Å². The van der Waals surface area contributed by atoms with E-state index >= 15 is 0 Å². The molecule has 0 unspecified atom stereocenters. The Morgan fingerprint density at radius 3 is 2.54 bits per heavy atom. The second kappa shape index (κ2) is 8.86. The van der Waals surface area contributed by atoms with E-state index in [2.05, 4.69) is 5.32 Å². The molecule has 1 N–H and O–H groups in total. The lowest BCUT2D eigenvalue weighted by atomic mass is 10.1. The first-order valence-corrected chi connectivity index (χ1v) is 7.67. The number of carbonyl (C=O) groups excluding carboxylic acids is 1. The van der Waals surface area contributed by atoms with Crippen LogP contribution in [0.5, 0.6) is 5.75 Å². The van der Waals surface area contributed by atoms with Crippen LogP contribution in [0.1, 0.15) is 5.56 Å². The normalized spacial score (nSPS) is 10.3. The van der Waals surface area contributed by atoms with Gasteiger partial charge in [0.05, 0.1) is 6.54 Å². The molecule has 4 nitrogen and oxygen atoms in total. The van der Waals surface area contributed by atoms with Crippen molar-refractivity contribution in [3.63, 3.8) is 0 Å². The van der Waals surface area contributed by atoms with E-state index < -0.39 is 5.82 Å². The fourth-order valence-corrected chi connectivity index (χ4v) is 2.06. The molecule has 0 heterocycles. The van der Waals surface area contributed by atoms with E-state index in [1.165, 1.54) is 29.2 Å². The Hall–Kier alpha value is -2.63. The molecule has 0 atom stereocenters. The van der Waals surface area contributed by atoms with Gasteiger partial charge in [0.2, 0.25) is 0 Å². The highest BCUT2D eigenvalue weighted by Gasteiger charge is 2.08. The fraction of sp³-hybridized carbons (Fsp3) is 0.278. The number of rotatable bonds is 7. The zero-order valence-electron chi connectivity index (χ0n) is 13.5. The monoisotopic (exact) mass is 334 g/mol. The lowest BCUT2D eigenvalue weighted by molar-refractivity contribution is 0.194. The van der Waals surface area contributed by atoms with Crippen LogP contribution in [0.2, 0.25) is 0 Å². The van der Waals surface area contributed by atoms with Crippen LogP contribution in [0, 0.1) is 11.6 Å². The maximum atomic E-state index is 13.4. The zero-order chi connectivity index (χ0) is 17.4. The van der Waals surface area contributed by atoms with E-state index in [4.69, 9.17) is 4.74 Å². The SMILES string of the molecule is CN(CCOc1ccccc1F)C(=O)NCCc1ccc(F)cc1. The van der Waals surface area contributed by atoms with Gasteiger partial charge >= 0.3 is 6.03 Å². The van der Waals surface area contributed by atoms with Crippen LogP contribution in [0.4, 0.5) is 13.6 Å². The number of amides is 2. The van der Waals surface area contributed by atoms with E-state index in [9.17, 15) is 13.6 Å². The van der Waals surface area contributed by atoms with Gasteiger partial charge < -0.3 is 15.0 Å². The molecule has 2 rings (SSSR count). The van der Waals surface area contributed by atoms with Crippen molar-refractivity contribution in [3.05, 3.63) is 65.7 Å². The van der Waals surface area contributed by atoms with Gasteiger partial charge in [-0.05, 0) is 36.2 Å². The minimum atomic E-state index is -0.427. The topological polar surface area (TPSA) is 41.6 Å². The van der Waals surface area contributed by atoms with Crippen LogP contribution in [-0.4, -0.2) is 37.7 Å². The van der Waals surface area contributed by atoms with Gasteiger partial charge in [-0.2, -0.15) is 0 Å². The van der Waals surface area contributed by atoms with Crippen LogP contribution in [0.3, 0.4) is 0 Å². The first kappa shape index (κ1) is 17.7. The molecule has 0 aromatic heterocycles. The maximum Gasteiger partial charge on any atom is 0.317 e. The summed E-state index contributed by atoms with van der Waals surface area (Å²) in [6.45, 7) is 0.975. The van der Waals surface area contributed by atoms with Crippen LogP contribution in [-0.2, 0) is 6.42 Å². The highest BCUT2D eigenvalue weighted by atomic mass is 19.1. The second-order valence-corrected chi connectivity index (χ2v) is 5.31. The molecule has 24 heavy (non-hydrogen) atoms. The van der Waals surface area contributed by atoms with E-state index in [0.717, 1.165) is 5.56 Å².